The van der Waals surface area contributed by atoms with Crippen molar-refractivity contribution < 1.29 is 5.11 Å². The fourth-order valence-corrected chi connectivity index (χ4v) is 2.29. The number of rotatable bonds is 1. The number of anilines is 1. The standard InChI is InChI=1S/C13H19ClN2O/c1-9-3-4-11(5-13(9)14)16-7-10(2)15-6-12(17)8-16/h3-5,10,12,15,17H,6-8H2,1-2H3. The third-order valence-corrected chi connectivity index (χ3v) is 3.56. The van der Waals surface area contributed by atoms with Crippen molar-refractivity contribution >= 4 is 17.3 Å². The van der Waals surface area contributed by atoms with Crippen LogP contribution >= 0.6 is 11.6 Å². The van der Waals surface area contributed by atoms with E-state index >= 15 is 0 Å². The van der Waals surface area contributed by atoms with Crippen molar-refractivity contribution in [1.82, 2.24) is 5.32 Å². The maximum atomic E-state index is 9.83. The molecule has 1 aliphatic rings. The first kappa shape index (κ1) is 12.7. The van der Waals surface area contributed by atoms with Crippen molar-refractivity contribution in [2.45, 2.75) is 26.0 Å². The van der Waals surface area contributed by atoms with Crippen molar-refractivity contribution in [1.29, 1.82) is 0 Å². The normalized spacial score (nSPS) is 25.8. The molecule has 3 nitrogen and oxygen atoms in total. The summed E-state index contributed by atoms with van der Waals surface area (Å²) in [6.07, 6.45) is -0.333. The van der Waals surface area contributed by atoms with Crippen LogP contribution < -0.4 is 10.2 Å². The first-order valence-electron chi connectivity index (χ1n) is 5.99. The van der Waals surface area contributed by atoms with Crippen LogP contribution in [0.2, 0.25) is 5.02 Å². The van der Waals surface area contributed by atoms with Crippen LogP contribution in [0.3, 0.4) is 0 Å². The van der Waals surface area contributed by atoms with Gasteiger partial charge in [0.05, 0.1) is 6.10 Å². The number of aliphatic hydroxyl groups excluding tert-OH is 1. The lowest BCUT2D eigenvalue weighted by Crippen LogP contribution is -2.35. The number of hydrogen-bond donors (Lipinski definition) is 2. The molecule has 0 aromatic heterocycles. The number of aliphatic hydroxyl groups is 1. The largest absolute Gasteiger partial charge is 0.390 e. The van der Waals surface area contributed by atoms with Crippen molar-refractivity contribution in [3.63, 3.8) is 0 Å². The lowest BCUT2D eigenvalue weighted by molar-refractivity contribution is 0.183. The maximum Gasteiger partial charge on any atom is 0.0839 e. The van der Waals surface area contributed by atoms with Crippen molar-refractivity contribution in [3.8, 4) is 0 Å². The molecule has 4 heteroatoms. The molecule has 2 N–H and O–H groups in total. The SMILES string of the molecule is Cc1ccc(N2CC(O)CNC(C)C2)cc1Cl. The Bertz CT molecular complexity index is 385. The minimum atomic E-state index is -0.333. The van der Waals surface area contributed by atoms with E-state index in [4.69, 9.17) is 11.6 Å². The zero-order valence-corrected chi connectivity index (χ0v) is 11.0. The minimum absolute atomic E-state index is 0.333. The maximum absolute atomic E-state index is 9.83. The summed E-state index contributed by atoms with van der Waals surface area (Å²) in [4.78, 5) is 2.18. The third kappa shape index (κ3) is 3.12. The Morgan fingerprint density at radius 1 is 1.41 bits per heavy atom. The quantitative estimate of drug-likeness (QED) is 0.802. The fraction of sp³-hybridized carbons (Fsp3) is 0.538. The van der Waals surface area contributed by atoms with Crippen molar-refractivity contribution in [2.24, 2.45) is 0 Å². The van der Waals surface area contributed by atoms with Gasteiger partial charge in [0.1, 0.15) is 0 Å². The van der Waals surface area contributed by atoms with Gasteiger partial charge in [-0.1, -0.05) is 17.7 Å². The molecule has 1 heterocycles. The van der Waals surface area contributed by atoms with Gasteiger partial charge in [0, 0.05) is 36.4 Å². The summed E-state index contributed by atoms with van der Waals surface area (Å²) in [5.74, 6) is 0. The smallest absolute Gasteiger partial charge is 0.0839 e. The van der Waals surface area contributed by atoms with Crippen LogP contribution in [0.25, 0.3) is 0 Å². The molecule has 94 valence electrons. The summed E-state index contributed by atoms with van der Waals surface area (Å²) in [6, 6.07) is 6.42. The molecule has 17 heavy (non-hydrogen) atoms. The predicted molar refractivity (Wildman–Crippen MR) is 71.9 cm³/mol. The average molecular weight is 255 g/mol. The second-order valence-electron chi connectivity index (χ2n) is 4.80. The van der Waals surface area contributed by atoms with Gasteiger partial charge in [-0.3, -0.25) is 0 Å². The molecular formula is C13H19ClN2O. The molecule has 0 bridgehead atoms. The monoisotopic (exact) mass is 254 g/mol. The molecule has 2 atom stereocenters. The number of hydrogen-bond acceptors (Lipinski definition) is 3. The van der Waals surface area contributed by atoms with Gasteiger partial charge >= 0.3 is 0 Å². The van der Waals surface area contributed by atoms with E-state index in [-0.39, 0.29) is 6.10 Å². The van der Waals surface area contributed by atoms with Gasteiger partial charge < -0.3 is 15.3 Å². The first-order valence-corrected chi connectivity index (χ1v) is 6.36. The van der Waals surface area contributed by atoms with E-state index in [1.807, 2.05) is 19.1 Å². The number of nitrogens with one attached hydrogen (secondary N) is 1. The van der Waals surface area contributed by atoms with Crippen LogP contribution in [0, 0.1) is 6.92 Å². The van der Waals surface area contributed by atoms with E-state index in [9.17, 15) is 5.11 Å². The molecule has 1 fully saturated rings. The van der Waals surface area contributed by atoms with Gasteiger partial charge in [-0.2, -0.15) is 0 Å². The van der Waals surface area contributed by atoms with E-state index in [2.05, 4.69) is 23.2 Å². The summed E-state index contributed by atoms with van der Waals surface area (Å²) in [5, 5.41) is 13.9. The number of nitrogens with zero attached hydrogens (tertiary/aromatic N) is 1. The van der Waals surface area contributed by atoms with Crippen LogP contribution in [0.4, 0.5) is 5.69 Å². The number of β-amino-alcohol motifs (C(OH)–C–C–N with tert-alkyl or cyclic N) is 1. The third-order valence-electron chi connectivity index (χ3n) is 3.15. The minimum Gasteiger partial charge on any atom is -0.390 e. The second-order valence-corrected chi connectivity index (χ2v) is 5.21. The number of benzene rings is 1. The zero-order valence-electron chi connectivity index (χ0n) is 10.3. The summed E-state index contributed by atoms with van der Waals surface area (Å²) < 4.78 is 0. The number of halogens is 1. The molecule has 0 spiro atoms. The van der Waals surface area contributed by atoms with E-state index < -0.39 is 0 Å². The molecule has 1 aliphatic heterocycles. The van der Waals surface area contributed by atoms with Crippen LogP contribution in [0.1, 0.15) is 12.5 Å². The summed E-state index contributed by atoms with van der Waals surface area (Å²) in [6.45, 7) is 6.30. The molecule has 0 aliphatic carbocycles. The lowest BCUT2D eigenvalue weighted by atomic mass is 10.2. The van der Waals surface area contributed by atoms with Crippen LogP contribution in [-0.4, -0.2) is 36.9 Å². The Balaban J connectivity index is 2.21. The molecule has 0 amide bonds. The van der Waals surface area contributed by atoms with Crippen LogP contribution in [0.15, 0.2) is 18.2 Å². The van der Waals surface area contributed by atoms with Gasteiger partial charge in [0.2, 0.25) is 0 Å². The van der Waals surface area contributed by atoms with Gasteiger partial charge in [0.25, 0.3) is 0 Å². The van der Waals surface area contributed by atoms with E-state index in [1.54, 1.807) is 0 Å². The van der Waals surface area contributed by atoms with Crippen molar-refractivity contribution in [3.05, 3.63) is 28.8 Å². The lowest BCUT2D eigenvalue weighted by Gasteiger charge is -2.26. The average Bonchev–Trinajstić information content (AvgIpc) is 2.45. The molecule has 1 saturated heterocycles. The molecule has 0 saturated carbocycles. The highest BCUT2D eigenvalue weighted by atomic mass is 35.5. The van der Waals surface area contributed by atoms with Crippen molar-refractivity contribution in [2.75, 3.05) is 24.5 Å². The van der Waals surface area contributed by atoms with Crippen LogP contribution in [-0.2, 0) is 0 Å². The molecule has 0 radical (unpaired) electrons. The van der Waals surface area contributed by atoms with Gasteiger partial charge in [0.15, 0.2) is 0 Å². The summed E-state index contributed by atoms with van der Waals surface area (Å²) in [5.41, 5.74) is 2.16. The fourth-order valence-electron chi connectivity index (χ4n) is 2.12. The summed E-state index contributed by atoms with van der Waals surface area (Å²) >= 11 is 6.14. The zero-order chi connectivity index (χ0) is 12.4. The van der Waals surface area contributed by atoms with Crippen LogP contribution in [0.5, 0.6) is 0 Å². The Kier molecular flexibility index (Phi) is 3.92. The van der Waals surface area contributed by atoms with Gasteiger partial charge in [-0.25, -0.2) is 0 Å². The topological polar surface area (TPSA) is 35.5 Å². The highest BCUT2D eigenvalue weighted by Gasteiger charge is 2.20. The molecule has 2 rings (SSSR count). The predicted octanol–water partition coefficient (Wildman–Crippen LogP) is 1.81. The number of aryl methyl sites for hydroxylation is 1. The van der Waals surface area contributed by atoms with E-state index in [0.29, 0.717) is 19.1 Å². The Hall–Kier alpha value is -0.770. The molecule has 1 aromatic rings. The second kappa shape index (κ2) is 5.25. The Morgan fingerprint density at radius 3 is 2.88 bits per heavy atom. The van der Waals surface area contributed by atoms with Gasteiger partial charge in [-0.05, 0) is 31.5 Å². The first-order chi connectivity index (χ1) is 8.06. The summed E-state index contributed by atoms with van der Waals surface area (Å²) in [7, 11) is 0. The highest BCUT2D eigenvalue weighted by molar-refractivity contribution is 6.31. The van der Waals surface area contributed by atoms with E-state index in [0.717, 1.165) is 22.8 Å². The Labute approximate surface area is 107 Å². The highest BCUT2D eigenvalue weighted by Crippen LogP contribution is 2.24. The molecule has 2 unspecified atom stereocenters. The Morgan fingerprint density at radius 2 is 2.18 bits per heavy atom. The molecular weight excluding hydrogens is 236 g/mol. The molecule has 1 aromatic carbocycles. The van der Waals surface area contributed by atoms with Gasteiger partial charge in [-0.15, -0.1) is 0 Å². The van der Waals surface area contributed by atoms with E-state index in [1.165, 1.54) is 0 Å².